The van der Waals surface area contributed by atoms with Gasteiger partial charge in [0, 0.05) is 6.54 Å². The van der Waals surface area contributed by atoms with Crippen molar-refractivity contribution in [1.29, 1.82) is 0 Å². The fourth-order valence-electron chi connectivity index (χ4n) is 2.37. The van der Waals surface area contributed by atoms with Crippen LogP contribution in [0.15, 0.2) is 40.2 Å². The summed E-state index contributed by atoms with van der Waals surface area (Å²) in [4.78, 5) is 18.3. The molecule has 0 bridgehead atoms. The van der Waals surface area contributed by atoms with Gasteiger partial charge in [0.2, 0.25) is 5.91 Å². The predicted molar refractivity (Wildman–Crippen MR) is 83.6 cm³/mol. The van der Waals surface area contributed by atoms with Crippen LogP contribution in [0.4, 0.5) is 4.39 Å². The van der Waals surface area contributed by atoms with Crippen LogP contribution in [0.25, 0.3) is 0 Å². The van der Waals surface area contributed by atoms with E-state index in [1.807, 2.05) is 6.92 Å². The molecule has 0 spiro atoms. The van der Waals surface area contributed by atoms with Crippen molar-refractivity contribution in [2.45, 2.75) is 18.3 Å². The van der Waals surface area contributed by atoms with Crippen molar-refractivity contribution in [3.8, 4) is 0 Å². The second kappa shape index (κ2) is 7.14. The highest BCUT2D eigenvalue weighted by Gasteiger charge is 2.25. The van der Waals surface area contributed by atoms with Crippen molar-refractivity contribution in [1.82, 2.24) is 9.88 Å². The van der Waals surface area contributed by atoms with Crippen LogP contribution in [0.1, 0.15) is 17.4 Å². The van der Waals surface area contributed by atoms with Crippen LogP contribution < -0.4 is 0 Å². The lowest BCUT2D eigenvalue weighted by molar-refractivity contribution is -0.136. The molecule has 1 fully saturated rings. The predicted octanol–water partition coefficient (Wildman–Crippen LogP) is 2.81. The highest BCUT2D eigenvalue weighted by molar-refractivity contribution is 7.99. The van der Waals surface area contributed by atoms with Crippen molar-refractivity contribution < 1.29 is 18.3 Å². The first-order valence-corrected chi connectivity index (χ1v) is 8.30. The van der Waals surface area contributed by atoms with E-state index in [0.717, 1.165) is 11.3 Å². The molecule has 1 aromatic carbocycles. The number of morpholine rings is 1. The molecule has 0 radical (unpaired) electrons. The van der Waals surface area contributed by atoms with Gasteiger partial charge >= 0.3 is 0 Å². The van der Waals surface area contributed by atoms with Crippen LogP contribution in [0.3, 0.4) is 0 Å². The maximum Gasteiger partial charge on any atom is 0.256 e. The van der Waals surface area contributed by atoms with E-state index >= 15 is 0 Å². The van der Waals surface area contributed by atoms with Crippen LogP contribution >= 0.6 is 11.8 Å². The third kappa shape index (κ3) is 4.11. The highest BCUT2D eigenvalue weighted by atomic mass is 32.2. The Morgan fingerprint density at radius 2 is 2.22 bits per heavy atom. The van der Waals surface area contributed by atoms with Crippen molar-refractivity contribution in [2.24, 2.45) is 0 Å². The number of halogens is 1. The lowest BCUT2D eigenvalue weighted by atomic mass is 10.1. The van der Waals surface area contributed by atoms with Gasteiger partial charge in [-0.15, -0.1) is 0 Å². The Balaban J connectivity index is 1.57. The molecule has 0 saturated carbocycles. The lowest BCUT2D eigenvalue weighted by Gasteiger charge is -2.33. The molecule has 0 unspecified atom stereocenters. The molecule has 23 heavy (non-hydrogen) atoms. The van der Waals surface area contributed by atoms with Crippen LogP contribution in [-0.2, 0) is 9.53 Å². The summed E-state index contributed by atoms with van der Waals surface area (Å²) in [5.74, 6) is 0.00668. The van der Waals surface area contributed by atoms with Crippen molar-refractivity contribution in [2.75, 3.05) is 25.4 Å². The number of hydrogen-bond acceptors (Lipinski definition) is 5. The fraction of sp³-hybridized carbons (Fsp3) is 0.375. The van der Waals surface area contributed by atoms with E-state index in [9.17, 15) is 9.18 Å². The molecule has 2 heterocycles. The first kappa shape index (κ1) is 16.0. The summed E-state index contributed by atoms with van der Waals surface area (Å²) in [6.07, 6.45) is 1.34. The number of thioether (sulfide) groups is 1. The van der Waals surface area contributed by atoms with Gasteiger partial charge in [0.1, 0.15) is 18.2 Å². The number of nitrogens with zero attached hydrogens (tertiary/aromatic N) is 2. The molecule has 0 aliphatic carbocycles. The minimum Gasteiger partial charge on any atom is -0.440 e. The molecule has 2 aromatic rings. The van der Waals surface area contributed by atoms with Gasteiger partial charge in [-0.05, 0) is 24.6 Å². The van der Waals surface area contributed by atoms with E-state index in [2.05, 4.69) is 4.98 Å². The average molecular weight is 336 g/mol. The molecule has 1 amide bonds. The Kier molecular flexibility index (Phi) is 4.97. The Morgan fingerprint density at radius 3 is 2.91 bits per heavy atom. The summed E-state index contributed by atoms with van der Waals surface area (Å²) in [6.45, 7) is 3.33. The molecule has 122 valence electrons. The topological polar surface area (TPSA) is 55.6 Å². The zero-order valence-electron chi connectivity index (χ0n) is 12.7. The molecular formula is C16H17FN2O3S. The zero-order chi connectivity index (χ0) is 16.2. The number of aryl methyl sites for hydroxylation is 1. The summed E-state index contributed by atoms with van der Waals surface area (Å²) in [6, 6.07) is 6.19. The van der Waals surface area contributed by atoms with Gasteiger partial charge < -0.3 is 14.1 Å². The van der Waals surface area contributed by atoms with E-state index in [-0.39, 0.29) is 23.6 Å². The van der Waals surface area contributed by atoms with E-state index in [1.54, 1.807) is 23.3 Å². The quantitative estimate of drug-likeness (QED) is 0.804. The maximum absolute atomic E-state index is 13.0. The second-order valence-corrected chi connectivity index (χ2v) is 6.22. The zero-order valence-corrected chi connectivity index (χ0v) is 13.5. The van der Waals surface area contributed by atoms with Crippen molar-refractivity contribution >= 4 is 17.7 Å². The van der Waals surface area contributed by atoms with Gasteiger partial charge in [-0.1, -0.05) is 23.9 Å². The van der Waals surface area contributed by atoms with E-state index < -0.39 is 0 Å². The van der Waals surface area contributed by atoms with E-state index in [0.29, 0.717) is 24.9 Å². The van der Waals surface area contributed by atoms with Crippen LogP contribution in [0, 0.1) is 12.7 Å². The molecule has 1 aromatic heterocycles. The Morgan fingerprint density at radius 1 is 1.43 bits per heavy atom. The smallest absolute Gasteiger partial charge is 0.256 e. The second-order valence-electron chi connectivity index (χ2n) is 5.29. The number of aromatic nitrogens is 1. The summed E-state index contributed by atoms with van der Waals surface area (Å²) in [7, 11) is 0. The number of hydrogen-bond donors (Lipinski definition) is 0. The van der Waals surface area contributed by atoms with Crippen LogP contribution in [0.2, 0.25) is 0 Å². The number of rotatable bonds is 4. The first-order valence-electron chi connectivity index (χ1n) is 7.31. The van der Waals surface area contributed by atoms with Crippen molar-refractivity contribution in [3.05, 3.63) is 47.6 Å². The SMILES string of the molecule is Cc1coc(SCC(=O)N2CCO[C@H](c3ccc(F)cc3)C2)n1. The van der Waals surface area contributed by atoms with E-state index in [1.165, 1.54) is 23.9 Å². The van der Waals surface area contributed by atoms with Gasteiger partial charge in [-0.25, -0.2) is 9.37 Å². The minimum atomic E-state index is -0.282. The number of ether oxygens (including phenoxy) is 1. The van der Waals surface area contributed by atoms with Gasteiger partial charge in [-0.2, -0.15) is 0 Å². The molecule has 1 aliphatic rings. The lowest BCUT2D eigenvalue weighted by Crippen LogP contribution is -2.43. The van der Waals surface area contributed by atoms with Gasteiger partial charge in [0.25, 0.3) is 5.22 Å². The largest absolute Gasteiger partial charge is 0.440 e. The number of oxazole rings is 1. The Hall–Kier alpha value is -1.86. The molecule has 3 rings (SSSR count). The standard InChI is InChI=1S/C16H17FN2O3S/c1-11-9-22-16(18-11)23-10-15(20)19-6-7-21-14(8-19)12-2-4-13(17)5-3-12/h2-5,9,14H,6-8,10H2,1H3/t14-/m0/s1. The summed E-state index contributed by atoms with van der Waals surface area (Å²) in [5, 5.41) is 0.499. The molecule has 7 heteroatoms. The van der Waals surface area contributed by atoms with E-state index in [4.69, 9.17) is 9.15 Å². The molecule has 1 aliphatic heterocycles. The monoisotopic (exact) mass is 336 g/mol. The van der Waals surface area contributed by atoms with Crippen LogP contribution in [0.5, 0.6) is 0 Å². The number of carbonyl (C=O) groups is 1. The Labute approximate surface area is 137 Å². The third-order valence-electron chi connectivity index (χ3n) is 3.58. The normalized spacial score (nSPS) is 18.2. The molecule has 1 atom stereocenters. The van der Waals surface area contributed by atoms with Gasteiger partial charge in [-0.3, -0.25) is 4.79 Å². The summed E-state index contributed by atoms with van der Waals surface area (Å²) in [5.41, 5.74) is 1.67. The number of benzene rings is 1. The molecule has 0 N–H and O–H groups in total. The average Bonchev–Trinajstić information content (AvgIpc) is 2.99. The highest BCUT2D eigenvalue weighted by Crippen LogP contribution is 2.24. The molecule has 1 saturated heterocycles. The van der Waals surface area contributed by atoms with Crippen molar-refractivity contribution in [3.63, 3.8) is 0 Å². The fourth-order valence-corrected chi connectivity index (χ4v) is 3.12. The van der Waals surface area contributed by atoms with Crippen LogP contribution in [-0.4, -0.2) is 41.2 Å². The van der Waals surface area contributed by atoms with Gasteiger partial charge in [0.05, 0.1) is 24.6 Å². The van der Waals surface area contributed by atoms with Gasteiger partial charge in [0.15, 0.2) is 0 Å². The number of amides is 1. The third-order valence-corrected chi connectivity index (χ3v) is 4.40. The number of carbonyl (C=O) groups excluding carboxylic acids is 1. The summed E-state index contributed by atoms with van der Waals surface area (Å²) < 4.78 is 23.9. The maximum atomic E-state index is 13.0. The first-order chi connectivity index (χ1) is 11.1. The molecule has 5 nitrogen and oxygen atoms in total. The molecular weight excluding hydrogens is 319 g/mol. The summed E-state index contributed by atoms with van der Waals surface area (Å²) >= 11 is 1.28. The Bertz CT molecular complexity index is 674. The minimum absolute atomic E-state index is 0.0151.